The zero-order valence-corrected chi connectivity index (χ0v) is 10.1. The van der Waals surface area contributed by atoms with Gasteiger partial charge in [0.1, 0.15) is 0 Å². The van der Waals surface area contributed by atoms with Gasteiger partial charge in [-0.15, -0.1) is 0 Å². The molecule has 1 aliphatic carbocycles. The Morgan fingerprint density at radius 2 is 1.82 bits per heavy atom. The molecule has 1 heterocycles. The molecule has 2 aliphatic rings. The van der Waals surface area contributed by atoms with Gasteiger partial charge in [-0.2, -0.15) is 0 Å². The highest BCUT2D eigenvalue weighted by atomic mass is 16.3. The van der Waals surface area contributed by atoms with E-state index in [4.69, 9.17) is 5.11 Å². The quantitative estimate of drug-likeness (QED) is 0.588. The van der Waals surface area contributed by atoms with Crippen molar-refractivity contribution in [3.05, 3.63) is 12.2 Å². The number of aliphatic hydroxyl groups is 1. The van der Waals surface area contributed by atoms with E-state index < -0.39 is 0 Å². The molecule has 0 aromatic heterocycles. The molecule has 1 N–H and O–H groups in total. The van der Waals surface area contributed by atoms with E-state index in [2.05, 4.69) is 0 Å². The molecular formula is C13H19NO3. The lowest BCUT2D eigenvalue weighted by Crippen LogP contribution is -2.39. The predicted molar refractivity (Wildman–Crippen MR) is 63.0 cm³/mol. The fraction of sp³-hybridized carbons (Fsp3) is 0.692. The first kappa shape index (κ1) is 12.3. The molecule has 94 valence electrons. The van der Waals surface area contributed by atoms with Crippen molar-refractivity contribution in [3.63, 3.8) is 0 Å². The van der Waals surface area contributed by atoms with Crippen LogP contribution in [0.4, 0.5) is 0 Å². The van der Waals surface area contributed by atoms with Crippen molar-refractivity contribution in [1.82, 2.24) is 4.90 Å². The Morgan fingerprint density at radius 3 is 2.29 bits per heavy atom. The maximum atomic E-state index is 12.2. The standard InChI is InChI=1S/C13H19NO3/c1-9(5-4-8-15)14-12(16)10-6-2-3-7-11(10)13(14)17/h2-3,9-11,15H,4-8H2,1H3/t9?,10-,11+. The van der Waals surface area contributed by atoms with E-state index in [1.54, 1.807) is 0 Å². The third kappa shape index (κ3) is 2.14. The second-order valence-corrected chi connectivity index (χ2v) is 4.92. The van der Waals surface area contributed by atoms with E-state index in [9.17, 15) is 9.59 Å². The first-order chi connectivity index (χ1) is 8.16. The number of rotatable bonds is 4. The van der Waals surface area contributed by atoms with Crippen molar-refractivity contribution in [2.75, 3.05) is 6.61 Å². The molecule has 1 aliphatic heterocycles. The highest BCUT2D eigenvalue weighted by Crippen LogP contribution is 2.36. The van der Waals surface area contributed by atoms with Gasteiger partial charge in [0.15, 0.2) is 0 Å². The van der Waals surface area contributed by atoms with Gasteiger partial charge >= 0.3 is 0 Å². The molecule has 0 aromatic rings. The molecule has 1 saturated heterocycles. The fourth-order valence-electron chi connectivity index (χ4n) is 2.78. The Labute approximate surface area is 101 Å². The third-order valence-corrected chi connectivity index (χ3v) is 3.76. The van der Waals surface area contributed by atoms with Crippen LogP contribution in [0, 0.1) is 11.8 Å². The second-order valence-electron chi connectivity index (χ2n) is 4.92. The number of imide groups is 1. The number of fused-ring (bicyclic) bond motifs is 1. The minimum atomic E-state index is -0.135. The van der Waals surface area contributed by atoms with Gasteiger partial charge in [-0.1, -0.05) is 12.2 Å². The lowest BCUT2D eigenvalue weighted by molar-refractivity contribution is -0.142. The van der Waals surface area contributed by atoms with Gasteiger partial charge in [-0.25, -0.2) is 0 Å². The normalized spacial score (nSPS) is 29.6. The van der Waals surface area contributed by atoms with Crippen LogP contribution in [0.15, 0.2) is 12.2 Å². The Balaban J connectivity index is 2.09. The van der Waals surface area contributed by atoms with E-state index in [1.807, 2.05) is 19.1 Å². The number of hydrogen-bond acceptors (Lipinski definition) is 3. The number of amides is 2. The van der Waals surface area contributed by atoms with Gasteiger partial charge in [-0.05, 0) is 32.6 Å². The minimum absolute atomic E-state index is 0.0187. The van der Waals surface area contributed by atoms with Crippen molar-refractivity contribution in [2.45, 2.75) is 38.6 Å². The summed E-state index contributed by atoms with van der Waals surface area (Å²) in [5.74, 6) is -0.308. The highest BCUT2D eigenvalue weighted by Gasteiger charge is 2.48. The average molecular weight is 237 g/mol. The van der Waals surface area contributed by atoms with Crippen molar-refractivity contribution in [1.29, 1.82) is 0 Å². The molecule has 2 rings (SSSR count). The van der Waals surface area contributed by atoms with Crippen LogP contribution in [-0.2, 0) is 9.59 Å². The molecular weight excluding hydrogens is 218 g/mol. The Hall–Kier alpha value is -1.16. The third-order valence-electron chi connectivity index (χ3n) is 3.76. The lowest BCUT2D eigenvalue weighted by Gasteiger charge is -2.22. The largest absolute Gasteiger partial charge is 0.396 e. The molecule has 1 unspecified atom stereocenters. The lowest BCUT2D eigenvalue weighted by atomic mass is 9.85. The van der Waals surface area contributed by atoms with Gasteiger partial charge in [0.05, 0.1) is 11.8 Å². The molecule has 4 nitrogen and oxygen atoms in total. The molecule has 0 aromatic carbocycles. The van der Waals surface area contributed by atoms with Gasteiger partial charge < -0.3 is 5.11 Å². The van der Waals surface area contributed by atoms with E-state index in [0.717, 1.165) is 0 Å². The molecule has 3 atom stereocenters. The summed E-state index contributed by atoms with van der Waals surface area (Å²) in [7, 11) is 0. The maximum Gasteiger partial charge on any atom is 0.233 e. The van der Waals surface area contributed by atoms with Gasteiger partial charge in [0, 0.05) is 12.6 Å². The van der Waals surface area contributed by atoms with Gasteiger partial charge in [-0.3, -0.25) is 14.5 Å². The van der Waals surface area contributed by atoms with Crippen LogP contribution < -0.4 is 0 Å². The molecule has 4 heteroatoms. The first-order valence-electron chi connectivity index (χ1n) is 6.29. The minimum Gasteiger partial charge on any atom is -0.396 e. The number of allylic oxidation sites excluding steroid dienone is 2. The summed E-state index contributed by atoms with van der Waals surface area (Å²) in [6.45, 7) is 1.99. The summed E-state index contributed by atoms with van der Waals surface area (Å²) in [5, 5.41) is 8.80. The summed E-state index contributed by atoms with van der Waals surface area (Å²) in [4.78, 5) is 25.8. The average Bonchev–Trinajstić information content (AvgIpc) is 2.60. The van der Waals surface area contributed by atoms with Crippen molar-refractivity contribution >= 4 is 11.8 Å². The van der Waals surface area contributed by atoms with E-state index >= 15 is 0 Å². The van der Waals surface area contributed by atoms with Crippen LogP contribution in [0.3, 0.4) is 0 Å². The smallest absolute Gasteiger partial charge is 0.233 e. The van der Waals surface area contributed by atoms with Crippen LogP contribution in [0.25, 0.3) is 0 Å². The van der Waals surface area contributed by atoms with Crippen LogP contribution in [0.2, 0.25) is 0 Å². The fourth-order valence-corrected chi connectivity index (χ4v) is 2.78. The number of carbonyl (C=O) groups is 2. The molecule has 17 heavy (non-hydrogen) atoms. The van der Waals surface area contributed by atoms with Crippen LogP contribution in [0.5, 0.6) is 0 Å². The van der Waals surface area contributed by atoms with E-state index in [1.165, 1.54) is 4.90 Å². The van der Waals surface area contributed by atoms with Crippen molar-refractivity contribution in [2.24, 2.45) is 11.8 Å². The number of aliphatic hydroxyl groups excluding tert-OH is 1. The van der Waals surface area contributed by atoms with E-state index in [0.29, 0.717) is 25.7 Å². The molecule has 2 amide bonds. The molecule has 0 saturated carbocycles. The predicted octanol–water partition coefficient (Wildman–Crippen LogP) is 1.10. The van der Waals surface area contributed by atoms with Crippen LogP contribution in [0.1, 0.15) is 32.6 Å². The number of hydrogen-bond donors (Lipinski definition) is 1. The SMILES string of the molecule is CC(CCCO)N1C(=O)[C@H]2CC=CC[C@H]2C1=O. The highest BCUT2D eigenvalue weighted by molar-refractivity contribution is 6.05. The molecule has 0 bridgehead atoms. The Kier molecular flexibility index (Phi) is 3.62. The molecule has 1 fully saturated rings. The van der Waals surface area contributed by atoms with Crippen molar-refractivity contribution in [3.8, 4) is 0 Å². The Bertz CT molecular complexity index is 325. The molecule has 0 spiro atoms. The van der Waals surface area contributed by atoms with Gasteiger partial charge in [0.2, 0.25) is 11.8 Å². The number of carbonyl (C=O) groups excluding carboxylic acids is 2. The summed E-state index contributed by atoms with van der Waals surface area (Å²) in [6, 6.07) is -0.0900. The zero-order valence-electron chi connectivity index (χ0n) is 10.1. The zero-order chi connectivity index (χ0) is 12.4. The summed E-state index contributed by atoms with van der Waals surface area (Å²) in [5.41, 5.74) is 0. The summed E-state index contributed by atoms with van der Waals surface area (Å²) >= 11 is 0. The maximum absolute atomic E-state index is 12.2. The number of nitrogens with zero attached hydrogens (tertiary/aromatic N) is 1. The molecule has 0 radical (unpaired) electrons. The van der Waals surface area contributed by atoms with Crippen LogP contribution >= 0.6 is 0 Å². The summed E-state index contributed by atoms with van der Waals surface area (Å²) < 4.78 is 0. The topological polar surface area (TPSA) is 57.6 Å². The van der Waals surface area contributed by atoms with Crippen LogP contribution in [-0.4, -0.2) is 34.5 Å². The Morgan fingerprint density at radius 1 is 1.29 bits per heavy atom. The monoisotopic (exact) mass is 237 g/mol. The summed E-state index contributed by atoms with van der Waals surface area (Å²) in [6.07, 6.45) is 6.69. The second kappa shape index (κ2) is 5.00. The van der Waals surface area contributed by atoms with E-state index in [-0.39, 0.29) is 36.3 Å². The van der Waals surface area contributed by atoms with Gasteiger partial charge in [0.25, 0.3) is 0 Å². The van der Waals surface area contributed by atoms with Crippen molar-refractivity contribution < 1.29 is 14.7 Å². The number of likely N-dealkylation sites (tertiary alicyclic amines) is 1. The first-order valence-corrected chi connectivity index (χ1v) is 6.29.